The highest BCUT2D eigenvalue weighted by molar-refractivity contribution is 5.81. The molecule has 0 saturated heterocycles. The van der Waals surface area contributed by atoms with Crippen LogP contribution in [0.2, 0.25) is 0 Å². The minimum absolute atomic E-state index is 0.124. The summed E-state index contributed by atoms with van der Waals surface area (Å²) in [5.41, 5.74) is -0.645. The van der Waals surface area contributed by atoms with Crippen molar-refractivity contribution in [1.29, 1.82) is 0 Å². The van der Waals surface area contributed by atoms with Gasteiger partial charge in [0, 0.05) is 11.5 Å². The van der Waals surface area contributed by atoms with E-state index in [1.165, 1.54) is 0 Å². The Bertz CT molecular complexity index is 280. The van der Waals surface area contributed by atoms with Crippen molar-refractivity contribution in [3.8, 4) is 0 Å². The molecule has 1 saturated carbocycles. The Hall–Kier alpha value is -0.740. The summed E-state index contributed by atoms with van der Waals surface area (Å²) < 4.78 is 38.4. The first-order valence-electron chi connectivity index (χ1n) is 6.00. The number of nitrogens with one attached hydrogen (secondary N) is 1. The molecule has 5 heteroatoms. The van der Waals surface area contributed by atoms with Crippen LogP contribution in [0.15, 0.2) is 0 Å². The lowest BCUT2D eigenvalue weighted by atomic mass is 9.83. The Morgan fingerprint density at radius 3 is 2.12 bits per heavy atom. The van der Waals surface area contributed by atoms with E-state index in [2.05, 4.69) is 5.32 Å². The number of alkyl halides is 3. The van der Waals surface area contributed by atoms with Crippen LogP contribution in [0.1, 0.15) is 46.5 Å². The molecule has 1 N–H and O–H groups in total. The molecule has 100 valence electrons. The number of hydrogen-bond acceptors (Lipinski definition) is 1. The number of hydrogen-bond donors (Lipinski definition) is 1. The zero-order valence-corrected chi connectivity index (χ0v) is 10.5. The summed E-state index contributed by atoms with van der Waals surface area (Å²) in [7, 11) is 0. The maximum atomic E-state index is 12.8. The molecule has 1 amide bonds. The molecule has 0 heterocycles. The Balaban J connectivity index is 2.70. The van der Waals surface area contributed by atoms with Gasteiger partial charge in [0.1, 0.15) is 0 Å². The van der Waals surface area contributed by atoms with Gasteiger partial charge in [0.15, 0.2) is 0 Å². The number of rotatable bonds is 1. The second-order valence-corrected chi connectivity index (χ2v) is 5.76. The third-order valence-corrected chi connectivity index (χ3v) is 3.18. The van der Waals surface area contributed by atoms with E-state index in [0.717, 1.165) is 6.42 Å². The maximum Gasteiger partial charge on any atom is 0.393 e. The Kier molecular flexibility index (Phi) is 4.10. The Labute approximate surface area is 100.0 Å². The summed E-state index contributed by atoms with van der Waals surface area (Å²) >= 11 is 0. The molecule has 0 aromatic carbocycles. The van der Waals surface area contributed by atoms with Crippen LogP contribution in [0.5, 0.6) is 0 Å². The fourth-order valence-corrected chi connectivity index (χ4v) is 2.08. The van der Waals surface area contributed by atoms with E-state index in [9.17, 15) is 18.0 Å². The molecule has 0 aliphatic heterocycles. The predicted molar refractivity (Wildman–Crippen MR) is 59.4 cm³/mol. The van der Waals surface area contributed by atoms with Crippen molar-refractivity contribution in [2.24, 2.45) is 11.3 Å². The second kappa shape index (κ2) is 4.86. The van der Waals surface area contributed by atoms with Gasteiger partial charge in [-0.05, 0) is 12.8 Å². The lowest BCUT2D eigenvalue weighted by Gasteiger charge is -2.35. The molecule has 2 atom stereocenters. The summed E-state index contributed by atoms with van der Waals surface area (Å²) in [5, 5.41) is 2.56. The van der Waals surface area contributed by atoms with Gasteiger partial charge in [-0.2, -0.15) is 13.2 Å². The average Bonchev–Trinajstić information content (AvgIpc) is 2.15. The summed E-state index contributed by atoms with van der Waals surface area (Å²) in [5.74, 6) is -1.69. The van der Waals surface area contributed by atoms with Gasteiger partial charge in [-0.15, -0.1) is 0 Å². The van der Waals surface area contributed by atoms with Crippen molar-refractivity contribution >= 4 is 5.91 Å². The Morgan fingerprint density at radius 2 is 1.65 bits per heavy atom. The van der Waals surface area contributed by atoms with Gasteiger partial charge in [0.2, 0.25) is 5.91 Å². The van der Waals surface area contributed by atoms with Crippen LogP contribution in [0.25, 0.3) is 0 Å². The predicted octanol–water partition coefficient (Wildman–Crippen LogP) is 3.27. The molecule has 1 aliphatic rings. The quantitative estimate of drug-likeness (QED) is 0.761. The van der Waals surface area contributed by atoms with Gasteiger partial charge < -0.3 is 5.32 Å². The molecule has 0 radical (unpaired) electrons. The minimum atomic E-state index is -4.21. The van der Waals surface area contributed by atoms with Gasteiger partial charge in [-0.3, -0.25) is 4.79 Å². The fourth-order valence-electron chi connectivity index (χ4n) is 2.08. The lowest BCUT2D eigenvalue weighted by Crippen LogP contribution is -2.50. The van der Waals surface area contributed by atoms with Crippen LogP contribution in [-0.2, 0) is 4.79 Å². The molecule has 2 unspecified atom stereocenters. The summed E-state index contributed by atoms with van der Waals surface area (Å²) in [4.78, 5) is 11.7. The van der Waals surface area contributed by atoms with Crippen molar-refractivity contribution in [1.82, 2.24) is 5.32 Å². The molecule has 0 aromatic heterocycles. The minimum Gasteiger partial charge on any atom is -0.352 e. The van der Waals surface area contributed by atoms with E-state index in [-0.39, 0.29) is 12.3 Å². The third-order valence-electron chi connectivity index (χ3n) is 3.18. The summed E-state index contributed by atoms with van der Waals surface area (Å²) in [6, 6.07) is -0.754. The first-order valence-corrected chi connectivity index (χ1v) is 6.00. The first-order chi connectivity index (χ1) is 7.62. The lowest BCUT2D eigenvalue weighted by molar-refractivity contribution is -0.189. The van der Waals surface area contributed by atoms with Gasteiger partial charge in [0.05, 0.1) is 5.92 Å². The van der Waals surface area contributed by atoms with Crippen LogP contribution in [0.4, 0.5) is 13.2 Å². The zero-order chi connectivity index (χ0) is 13.3. The highest BCUT2D eigenvalue weighted by atomic mass is 19.4. The normalized spacial score (nSPS) is 26.7. The number of halogens is 3. The van der Waals surface area contributed by atoms with Crippen molar-refractivity contribution < 1.29 is 18.0 Å². The van der Waals surface area contributed by atoms with E-state index in [1.807, 2.05) is 0 Å². The van der Waals surface area contributed by atoms with Crippen LogP contribution in [-0.4, -0.2) is 18.1 Å². The van der Waals surface area contributed by atoms with E-state index in [1.54, 1.807) is 20.8 Å². The van der Waals surface area contributed by atoms with E-state index in [4.69, 9.17) is 0 Å². The molecule has 1 aliphatic carbocycles. The smallest absolute Gasteiger partial charge is 0.352 e. The van der Waals surface area contributed by atoms with Crippen LogP contribution >= 0.6 is 0 Å². The van der Waals surface area contributed by atoms with Crippen molar-refractivity contribution in [2.45, 2.75) is 58.7 Å². The van der Waals surface area contributed by atoms with Crippen molar-refractivity contribution in [3.05, 3.63) is 0 Å². The zero-order valence-electron chi connectivity index (χ0n) is 10.5. The van der Waals surface area contributed by atoms with Gasteiger partial charge >= 0.3 is 6.18 Å². The molecule has 1 rings (SSSR count). The largest absolute Gasteiger partial charge is 0.393 e. The molecule has 0 aromatic rings. The van der Waals surface area contributed by atoms with Gasteiger partial charge in [-0.25, -0.2) is 0 Å². The average molecular weight is 251 g/mol. The molecule has 17 heavy (non-hydrogen) atoms. The van der Waals surface area contributed by atoms with E-state index >= 15 is 0 Å². The van der Waals surface area contributed by atoms with E-state index < -0.39 is 23.6 Å². The van der Waals surface area contributed by atoms with Crippen LogP contribution < -0.4 is 5.32 Å². The van der Waals surface area contributed by atoms with Crippen LogP contribution in [0.3, 0.4) is 0 Å². The Morgan fingerprint density at radius 1 is 1.12 bits per heavy atom. The van der Waals surface area contributed by atoms with Gasteiger partial charge in [0.25, 0.3) is 0 Å². The summed E-state index contributed by atoms with van der Waals surface area (Å²) in [6.07, 6.45) is -2.32. The summed E-state index contributed by atoms with van der Waals surface area (Å²) in [6.45, 7) is 5.11. The standard InChI is InChI=1S/C12H20F3NO/c1-11(2,3)10(17)16-9-7-5-4-6-8(9)12(13,14)15/h8-9H,4-7H2,1-3H3,(H,16,17). The third kappa shape index (κ3) is 3.89. The fraction of sp³-hybridized carbons (Fsp3) is 0.917. The molecular weight excluding hydrogens is 231 g/mol. The number of carbonyl (C=O) groups is 1. The topological polar surface area (TPSA) is 29.1 Å². The number of carbonyl (C=O) groups excluding carboxylic acids is 1. The molecule has 0 spiro atoms. The van der Waals surface area contributed by atoms with E-state index in [0.29, 0.717) is 12.8 Å². The molecule has 0 bridgehead atoms. The van der Waals surface area contributed by atoms with Crippen LogP contribution in [0, 0.1) is 11.3 Å². The maximum absolute atomic E-state index is 12.8. The second-order valence-electron chi connectivity index (χ2n) is 5.76. The highest BCUT2D eigenvalue weighted by Crippen LogP contribution is 2.38. The monoisotopic (exact) mass is 251 g/mol. The molecular formula is C12H20F3NO. The van der Waals surface area contributed by atoms with Crippen molar-refractivity contribution in [3.63, 3.8) is 0 Å². The molecule has 1 fully saturated rings. The first kappa shape index (κ1) is 14.3. The van der Waals surface area contributed by atoms with Crippen molar-refractivity contribution in [2.75, 3.05) is 0 Å². The number of amides is 1. The SMILES string of the molecule is CC(C)(C)C(=O)NC1CCCCC1C(F)(F)F. The molecule has 2 nitrogen and oxygen atoms in total. The van der Waals surface area contributed by atoms with Gasteiger partial charge in [-0.1, -0.05) is 33.6 Å². The highest BCUT2D eigenvalue weighted by Gasteiger charge is 2.46.